The summed E-state index contributed by atoms with van der Waals surface area (Å²) in [6.45, 7) is 1.05. The molecular weight excluding hydrogens is 200 g/mol. The van der Waals surface area contributed by atoms with Gasteiger partial charge in [-0.2, -0.15) is 0 Å². The summed E-state index contributed by atoms with van der Waals surface area (Å²) in [5.41, 5.74) is 2.58. The van der Waals surface area contributed by atoms with Crippen LogP contribution < -0.4 is 0 Å². The molecule has 16 heavy (non-hydrogen) atoms. The number of hydrogen-bond acceptors (Lipinski definition) is 2. The number of Topliss-reactive ketones (excluding diaryl/α,β-unsaturated/α-hetero) is 1. The topological polar surface area (TPSA) is 26.3 Å². The molecule has 1 aliphatic carbocycles. The van der Waals surface area contributed by atoms with Gasteiger partial charge in [-0.15, -0.1) is 0 Å². The second kappa shape index (κ2) is 3.70. The lowest BCUT2D eigenvalue weighted by molar-refractivity contribution is -0.131. The normalized spacial score (nSPS) is 23.1. The molecule has 2 heteroatoms. The molecule has 0 aromatic heterocycles. The summed E-state index contributed by atoms with van der Waals surface area (Å²) >= 11 is 0. The fourth-order valence-corrected chi connectivity index (χ4v) is 3.04. The van der Waals surface area contributed by atoms with Gasteiger partial charge in [0.05, 0.1) is 0 Å². The highest BCUT2D eigenvalue weighted by atomic mass is 16.5. The van der Waals surface area contributed by atoms with Gasteiger partial charge in [0.2, 0.25) is 0 Å². The molecule has 1 heterocycles. The Labute approximate surface area is 95.6 Å². The molecule has 0 unspecified atom stereocenters. The Morgan fingerprint density at radius 1 is 1.12 bits per heavy atom. The number of rotatable bonds is 0. The van der Waals surface area contributed by atoms with Gasteiger partial charge in [0, 0.05) is 12.0 Å². The van der Waals surface area contributed by atoms with E-state index < -0.39 is 0 Å². The summed E-state index contributed by atoms with van der Waals surface area (Å²) in [6, 6.07) is 8.44. The fourth-order valence-electron chi connectivity index (χ4n) is 3.04. The van der Waals surface area contributed by atoms with Crippen LogP contribution in [0.15, 0.2) is 24.3 Å². The van der Waals surface area contributed by atoms with Crippen molar-refractivity contribution in [1.29, 1.82) is 0 Å². The molecule has 2 aliphatic rings. The number of benzene rings is 1. The fraction of sp³-hybridized carbons (Fsp3) is 0.500. The lowest BCUT2D eigenvalue weighted by Gasteiger charge is -2.24. The molecule has 1 fully saturated rings. The molecule has 1 saturated heterocycles. The molecule has 1 spiro atoms. The number of carbonyl (C=O) groups is 1. The van der Waals surface area contributed by atoms with E-state index in [1.165, 1.54) is 11.1 Å². The van der Waals surface area contributed by atoms with E-state index in [1.54, 1.807) is 0 Å². The van der Waals surface area contributed by atoms with E-state index in [0.717, 1.165) is 32.3 Å². The molecule has 0 amide bonds. The first-order valence-electron chi connectivity index (χ1n) is 5.98. The van der Waals surface area contributed by atoms with Crippen molar-refractivity contribution in [2.45, 2.75) is 25.7 Å². The Hall–Kier alpha value is -1.15. The Morgan fingerprint density at radius 2 is 1.81 bits per heavy atom. The average Bonchev–Trinajstić information content (AvgIpc) is 2.58. The van der Waals surface area contributed by atoms with Crippen molar-refractivity contribution in [3.8, 4) is 0 Å². The molecule has 3 rings (SSSR count). The Balaban J connectivity index is 1.94. The van der Waals surface area contributed by atoms with Gasteiger partial charge in [-0.25, -0.2) is 0 Å². The third-order valence-electron chi connectivity index (χ3n) is 3.94. The summed E-state index contributed by atoms with van der Waals surface area (Å²) in [4.78, 5) is 12.2. The van der Waals surface area contributed by atoms with E-state index in [0.29, 0.717) is 12.4 Å². The van der Waals surface area contributed by atoms with Crippen molar-refractivity contribution in [3.05, 3.63) is 35.4 Å². The monoisotopic (exact) mass is 216 g/mol. The Bertz CT molecular complexity index is 397. The minimum absolute atomic E-state index is 0.139. The van der Waals surface area contributed by atoms with Gasteiger partial charge < -0.3 is 4.74 Å². The SMILES string of the molecule is O=C1COCCCC12Cc1ccccc1C2. The van der Waals surface area contributed by atoms with Crippen LogP contribution in [0, 0.1) is 5.41 Å². The van der Waals surface area contributed by atoms with Crippen LogP contribution in [0.5, 0.6) is 0 Å². The van der Waals surface area contributed by atoms with Gasteiger partial charge in [0.15, 0.2) is 5.78 Å². The van der Waals surface area contributed by atoms with Gasteiger partial charge in [-0.05, 0) is 36.8 Å². The molecule has 0 atom stereocenters. The number of carbonyl (C=O) groups excluding carboxylic acids is 1. The number of hydrogen-bond donors (Lipinski definition) is 0. The molecule has 0 bridgehead atoms. The first kappa shape index (κ1) is 10.0. The lowest BCUT2D eigenvalue weighted by Crippen LogP contribution is -2.33. The smallest absolute Gasteiger partial charge is 0.165 e. The van der Waals surface area contributed by atoms with Crippen molar-refractivity contribution < 1.29 is 9.53 Å². The van der Waals surface area contributed by atoms with Crippen LogP contribution in [0.2, 0.25) is 0 Å². The van der Waals surface area contributed by atoms with Gasteiger partial charge in [-0.1, -0.05) is 24.3 Å². The highest BCUT2D eigenvalue weighted by Gasteiger charge is 2.43. The number of ether oxygens (including phenoxy) is 1. The van der Waals surface area contributed by atoms with Crippen LogP contribution in [-0.4, -0.2) is 19.0 Å². The van der Waals surface area contributed by atoms with Gasteiger partial charge in [-0.3, -0.25) is 4.79 Å². The summed E-state index contributed by atoms with van der Waals surface area (Å²) in [7, 11) is 0. The highest BCUT2D eigenvalue weighted by molar-refractivity contribution is 5.87. The zero-order valence-electron chi connectivity index (χ0n) is 9.37. The van der Waals surface area contributed by atoms with E-state index >= 15 is 0 Å². The minimum Gasteiger partial charge on any atom is -0.374 e. The van der Waals surface area contributed by atoms with E-state index in [2.05, 4.69) is 24.3 Å². The molecular formula is C14H16O2. The summed E-state index contributed by atoms with van der Waals surface area (Å²) in [5, 5.41) is 0. The van der Waals surface area contributed by atoms with Crippen LogP contribution in [0.1, 0.15) is 24.0 Å². The van der Waals surface area contributed by atoms with Crippen LogP contribution in [0.25, 0.3) is 0 Å². The first-order valence-corrected chi connectivity index (χ1v) is 5.98. The van der Waals surface area contributed by atoms with Crippen molar-refractivity contribution >= 4 is 5.78 Å². The van der Waals surface area contributed by atoms with Crippen LogP contribution in [0.4, 0.5) is 0 Å². The zero-order valence-corrected chi connectivity index (χ0v) is 9.37. The second-order valence-electron chi connectivity index (χ2n) is 4.98. The average molecular weight is 216 g/mol. The molecule has 0 N–H and O–H groups in total. The molecule has 1 aromatic rings. The quantitative estimate of drug-likeness (QED) is 0.664. The van der Waals surface area contributed by atoms with E-state index in [-0.39, 0.29) is 5.41 Å². The van der Waals surface area contributed by atoms with E-state index in [4.69, 9.17) is 4.74 Å². The maximum atomic E-state index is 12.2. The standard InChI is InChI=1S/C14H16O2/c15-13-10-16-7-3-6-14(13)8-11-4-1-2-5-12(11)9-14/h1-2,4-5H,3,6-10H2. The van der Waals surface area contributed by atoms with Crippen LogP contribution in [-0.2, 0) is 22.4 Å². The lowest BCUT2D eigenvalue weighted by atomic mass is 9.77. The summed E-state index contributed by atoms with van der Waals surface area (Å²) in [6.07, 6.45) is 3.84. The number of fused-ring (bicyclic) bond motifs is 1. The minimum atomic E-state index is -0.139. The zero-order chi connectivity index (χ0) is 11.0. The maximum Gasteiger partial charge on any atom is 0.165 e. The first-order chi connectivity index (χ1) is 7.80. The molecule has 0 saturated carbocycles. The number of ketones is 1. The third-order valence-corrected chi connectivity index (χ3v) is 3.94. The summed E-state index contributed by atoms with van der Waals surface area (Å²) in [5.74, 6) is 0.307. The predicted octanol–water partition coefficient (Wildman–Crippen LogP) is 2.15. The van der Waals surface area contributed by atoms with E-state index in [9.17, 15) is 4.79 Å². The van der Waals surface area contributed by atoms with Crippen molar-refractivity contribution in [3.63, 3.8) is 0 Å². The van der Waals surface area contributed by atoms with Gasteiger partial charge >= 0.3 is 0 Å². The second-order valence-corrected chi connectivity index (χ2v) is 4.98. The van der Waals surface area contributed by atoms with Gasteiger partial charge in [0.25, 0.3) is 0 Å². The van der Waals surface area contributed by atoms with Crippen molar-refractivity contribution in [1.82, 2.24) is 0 Å². The van der Waals surface area contributed by atoms with Gasteiger partial charge in [0.1, 0.15) is 6.61 Å². The van der Waals surface area contributed by atoms with Crippen LogP contribution >= 0.6 is 0 Å². The van der Waals surface area contributed by atoms with Crippen molar-refractivity contribution in [2.75, 3.05) is 13.2 Å². The summed E-state index contributed by atoms with van der Waals surface area (Å²) < 4.78 is 5.34. The Kier molecular flexibility index (Phi) is 2.32. The van der Waals surface area contributed by atoms with Crippen molar-refractivity contribution in [2.24, 2.45) is 5.41 Å². The molecule has 1 aliphatic heterocycles. The molecule has 0 radical (unpaired) electrons. The van der Waals surface area contributed by atoms with E-state index in [1.807, 2.05) is 0 Å². The third kappa shape index (κ3) is 1.49. The predicted molar refractivity (Wildman–Crippen MR) is 61.3 cm³/mol. The molecule has 84 valence electrons. The Morgan fingerprint density at radius 3 is 2.50 bits per heavy atom. The highest BCUT2D eigenvalue weighted by Crippen LogP contribution is 2.42. The molecule has 1 aromatic carbocycles. The maximum absolute atomic E-state index is 12.2. The molecule has 2 nitrogen and oxygen atoms in total. The largest absolute Gasteiger partial charge is 0.374 e. The van der Waals surface area contributed by atoms with Crippen LogP contribution in [0.3, 0.4) is 0 Å².